The van der Waals surface area contributed by atoms with Crippen LogP contribution in [0.2, 0.25) is 0 Å². The number of aromatic carboxylic acids is 1. The highest BCUT2D eigenvalue weighted by atomic mass is 79.9. The standard InChI is InChI=1S/C11H14BrNO4/c1-17-6-8(5-14)13-10-3-2-7(11(15)16)4-9(10)12/h2-4,8,13-14H,5-6H2,1H3,(H,15,16). The molecule has 1 rings (SSSR count). The Bertz CT molecular complexity index is 397. The number of carboxylic acid groups (broad SMARTS) is 1. The Morgan fingerprint density at radius 2 is 2.29 bits per heavy atom. The molecule has 94 valence electrons. The first kappa shape index (κ1) is 14.0. The van der Waals surface area contributed by atoms with E-state index < -0.39 is 5.97 Å². The van der Waals surface area contributed by atoms with Crippen molar-refractivity contribution in [2.45, 2.75) is 6.04 Å². The van der Waals surface area contributed by atoms with E-state index >= 15 is 0 Å². The SMILES string of the molecule is COCC(CO)Nc1ccc(C(=O)O)cc1Br. The van der Waals surface area contributed by atoms with Crippen molar-refractivity contribution in [2.24, 2.45) is 0 Å². The van der Waals surface area contributed by atoms with E-state index in [1.165, 1.54) is 12.1 Å². The predicted molar refractivity (Wildman–Crippen MR) is 67.5 cm³/mol. The van der Waals surface area contributed by atoms with Crippen molar-refractivity contribution in [1.82, 2.24) is 0 Å². The lowest BCUT2D eigenvalue weighted by molar-refractivity contribution is 0.0697. The zero-order chi connectivity index (χ0) is 12.8. The van der Waals surface area contributed by atoms with Gasteiger partial charge in [-0.25, -0.2) is 4.79 Å². The van der Waals surface area contributed by atoms with Crippen molar-refractivity contribution in [1.29, 1.82) is 0 Å². The highest BCUT2D eigenvalue weighted by Crippen LogP contribution is 2.24. The second kappa shape index (κ2) is 6.58. The maximum atomic E-state index is 10.7. The van der Waals surface area contributed by atoms with Gasteiger partial charge in [0.05, 0.1) is 24.8 Å². The Hall–Kier alpha value is -1.11. The molecule has 6 heteroatoms. The van der Waals surface area contributed by atoms with E-state index in [0.29, 0.717) is 16.8 Å². The molecule has 0 saturated carbocycles. The van der Waals surface area contributed by atoms with Crippen LogP contribution in [-0.2, 0) is 4.74 Å². The Balaban J connectivity index is 2.81. The molecule has 0 aliphatic rings. The minimum absolute atomic E-state index is 0.0685. The zero-order valence-corrected chi connectivity index (χ0v) is 10.9. The molecule has 1 unspecified atom stereocenters. The largest absolute Gasteiger partial charge is 0.478 e. The van der Waals surface area contributed by atoms with Crippen molar-refractivity contribution in [3.8, 4) is 0 Å². The van der Waals surface area contributed by atoms with Gasteiger partial charge in [-0.1, -0.05) is 0 Å². The van der Waals surface area contributed by atoms with Crippen molar-refractivity contribution < 1.29 is 19.7 Å². The number of benzene rings is 1. The van der Waals surface area contributed by atoms with Gasteiger partial charge in [-0.15, -0.1) is 0 Å². The minimum atomic E-state index is -0.979. The molecule has 1 atom stereocenters. The fourth-order valence-corrected chi connectivity index (χ4v) is 1.82. The lowest BCUT2D eigenvalue weighted by Crippen LogP contribution is -2.28. The van der Waals surface area contributed by atoms with Gasteiger partial charge in [0.15, 0.2) is 0 Å². The number of nitrogens with one attached hydrogen (secondary N) is 1. The van der Waals surface area contributed by atoms with Gasteiger partial charge in [-0.3, -0.25) is 0 Å². The van der Waals surface area contributed by atoms with Crippen LogP contribution in [0, 0.1) is 0 Å². The van der Waals surface area contributed by atoms with E-state index in [1.54, 1.807) is 13.2 Å². The van der Waals surface area contributed by atoms with Crippen molar-refractivity contribution in [2.75, 3.05) is 25.6 Å². The maximum Gasteiger partial charge on any atom is 0.335 e. The molecule has 0 saturated heterocycles. The Kier molecular flexibility index (Phi) is 5.40. The van der Waals surface area contributed by atoms with Crippen molar-refractivity contribution >= 4 is 27.6 Å². The zero-order valence-electron chi connectivity index (χ0n) is 9.31. The Morgan fingerprint density at radius 3 is 2.76 bits per heavy atom. The summed E-state index contributed by atoms with van der Waals surface area (Å²) in [5, 5.41) is 21.0. The van der Waals surface area contributed by atoms with E-state index in [1.807, 2.05) is 0 Å². The number of rotatable bonds is 6. The normalized spacial score (nSPS) is 12.2. The van der Waals surface area contributed by atoms with E-state index in [2.05, 4.69) is 21.2 Å². The summed E-state index contributed by atoms with van der Waals surface area (Å²) in [5.74, 6) is -0.979. The summed E-state index contributed by atoms with van der Waals surface area (Å²) < 4.78 is 5.57. The number of methoxy groups -OCH3 is 1. The molecule has 0 aliphatic heterocycles. The lowest BCUT2D eigenvalue weighted by Gasteiger charge is -2.17. The maximum absolute atomic E-state index is 10.7. The quantitative estimate of drug-likeness (QED) is 0.743. The number of aliphatic hydroxyl groups excluding tert-OH is 1. The van der Waals surface area contributed by atoms with E-state index in [4.69, 9.17) is 14.9 Å². The molecule has 1 aromatic carbocycles. The second-order valence-corrected chi connectivity index (χ2v) is 4.33. The molecular weight excluding hydrogens is 290 g/mol. The first-order valence-electron chi connectivity index (χ1n) is 4.97. The van der Waals surface area contributed by atoms with Crippen LogP contribution in [-0.4, -0.2) is 42.5 Å². The summed E-state index contributed by atoms with van der Waals surface area (Å²) in [6.45, 7) is 0.296. The van der Waals surface area contributed by atoms with Crippen LogP contribution < -0.4 is 5.32 Å². The van der Waals surface area contributed by atoms with Gasteiger partial charge in [0.2, 0.25) is 0 Å². The molecule has 0 bridgehead atoms. The smallest absolute Gasteiger partial charge is 0.335 e. The number of carbonyl (C=O) groups is 1. The Labute approximate surface area is 108 Å². The number of hydrogen-bond donors (Lipinski definition) is 3. The molecule has 0 heterocycles. The third-order valence-electron chi connectivity index (χ3n) is 2.16. The van der Waals surface area contributed by atoms with Crippen LogP contribution in [0.15, 0.2) is 22.7 Å². The number of ether oxygens (including phenoxy) is 1. The van der Waals surface area contributed by atoms with Gasteiger partial charge in [0.25, 0.3) is 0 Å². The van der Waals surface area contributed by atoms with Gasteiger partial charge < -0.3 is 20.3 Å². The molecule has 3 N–H and O–H groups in total. The summed E-state index contributed by atoms with van der Waals surface area (Å²) in [6, 6.07) is 4.42. The number of carboxylic acids is 1. The van der Waals surface area contributed by atoms with Crippen molar-refractivity contribution in [3.05, 3.63) is 28.2 Å². The van der Waals surface area contributed by atoms with Crippen LogP contribution in [0.3, 0.4) is 0 Å². The fourth-order valence-electron chi connectivity index (χ4n) is 1.33. The van der Waals surface area contributed by atoms with E-state index in [9.17, 15) is 4.79 Å². The average molecular weight is 304 g/mol. The molecule has 5 nitrogen and oxygen atoms in total. The van der Waals surface area contributed by atoms with Crippen LogP contribution >= 0.6 is 15.9 Å². The van der Waals surface area contributed by atoms with Gasteiger partial charge in [-0.2, -0.15) is 0 Å². The number of anilines is 1. The first-order chi connectivity index (χ1) is 8.08. The second-order valence-electron chi connectivity index (χ2n) is 3.48. The molecule has 0 amide bonds. The topological polar surface area (TPSA) is 78.8 Å². The Morgan fingerprint density at radius 1 is 1.59 bits per heavy atom. The van der Waals surface area contributed by atoms with Gasteiger partial charge >= 0.3 is 5.97 Å². The lowest BCUT2D eigenvalue weighted by atomic mass is 10.2. The fraction of sp³-hybridized carbons (Fsp3) is 0.364. The third kappa shape index (κ3) is 3.99. The number of halogens is 1. The van der Waals surface area contributed by atoms with Crippen LogP contribution in [0.25, 0.3) is 0 Å². The molecule has 17 heavy (non-hydrogen) atoms. The molecular formula is C11H14BrNO4. The third-order valence-corrected chi connectivity index (χ3v) is 2.82. The summed E-state index contributed by atoms with van der Waals surface area (Å²) in [7, 11) is 1.55. The molecule has 0 spiro atoms. The summed E-state index contributed by atoms with van der Waals surface area (Å²) in [6.07, 6.45) is 0. The highest BCUT2D eigenvalue weighted by Gasteiger charge is 2.11. The monoisotopic (exact) mass is 303 g/mol. The molecule has 0 fully saturated rings. The highest BCUT2D eigenvalue weighted by molar-refractivity contribution is 9.10. The molecule has 1 aromatic rings. The molecule has 0 aliphatic carbocycles. The summed E-state index contributed by atoms with van der Waals surface area (Å²) in [5.41, 5.74) is 0.917. The van der Waals surface area contributed by atoms with Crippen LogP contribution in [0.4, 0.5) is 5.69 Å². The van der Waals surface area contributed by atoms with E-state index in [0.717, 1.165) is 0 Å². The first-order valence-corrected chi connectivity index (χ1v) is 5.77. The van der Waals surface area contributed by atoms with Crippen LogP contribution in [0.1, 0.15) is 10.4 Å². The average Bonchev–Trinajstić information content (AvgIpc) is 2.30. The number of hydrogen-bond acceptors (Lipinski definition) is 4. The summed E-state index contributed by atoms with van der Waals surface area (Å²) in [4.78, 5) is 10.7. The van der Waals surface area contributed by atoms with Gasteiger partial charge in [0.1, 0.15) is 0 Å². The molecule has 0 radical (unpaired) electrons. The summed E-state index contributed by atoms with van der Waals surface area (Å²) >= 11 is 3.28. The van der Waals surface area contributed by atoms with Crippen molar-refractivity contribution in [3.63, 3.8) is 0 Å². The van der Waals surface area contributed by atoms with Gasteiger partial charge in [-0.05, 0) is 34.1 Å². The minimum Gasteiger partial charge on any atom is -0.478 e. The molecule has 0 aromatic heterocycles. The van der Waals surface area contributed by atoms with Crippen LogP contribution in [0.5, 0.6) is 0 Å². The number of aliphatic hydroxyl groups is 1. The predicted octanol–water partition coefficient (Wildman–Crippen LogP) is 1.57. The van der Waals surface area contributed by atoms with E-state index in [-0.39, 0.29) is 18.2 Å². The van der Waals surface area contributed by atoms with Gasteiger partial charge in [0, 0.05) is 17.3 Å².